The number of nitrogens with zero attached hydrogens (tertiary/aromatic N) is 4. The average Bonchev–Trinajstić information content (AvgIpc) is 3.35. The van der Waals surface area contributed by atoms with Crippen LogP contribution in [0, 0.1) is 0 Å². The van der Waals surface area contributed by atoms with Crippen molar-refractivity contribution in [3.8, 4) is 0 Å². The molecule has 0 radical (unpaired) electrons. The average molecular weight is 381 g/mol. The van der Waals surface area contributed by atoms with Gasteiger partial charge < -0.3 is 9.42 Å². The molecule has 0 N–H and O–H groups in total. The molecule has 4 rings (SSSR count). The molecule has 0 unspecified atom stereocenters. The Bertz CT molecular complexity index is 762. The van der Waals surface area contributed by atoms with Crippen molar-refractivity contribution in [1.82, 2.24) is 19.9 Å². The van der Waals surface area contributed by atoms with Crippen LogP contribution in [0.2, 0.25) is 10.0 Å². The van der Waals surface area contributed by atoms with Crippen LogP contribution in [0.15, 0.2) is 22.7 Å². The summed E-state index contributed by atoms with van der Waals surface area (Å²) < 4.78 is 5.33. The number of hydrogen-bond acceptors (Lipinski definition) is 5. The maximum atomic E-state index is 12.7. The van der Waals surface area contributed by atoms with Gasteiger partial charge in [-0.2, -0.15) is 4.98 Å². The van der Waals surface area contributed by atoms with E-state index in [9.17, 15) is 4.79 Å². The summed E-state index contributed by atoms with van der Waals surface area (Å²) in [6.07, 6.45) is 2.31. The third-order valence-corrected chi connectivity index (χ3v) is 5.25. The number of benzene rings is 1. The van der Waals surface area contributed by atoms with Crippen LogP contribution in [0.1, 0.15) is 40.8 Å². The van der Waals surface area contributed by atoms with Crippen molar-refractivity contribution < 1.29 is 9.32 Å². The quantitative estimate of drug-likeness (QED) is 0.814. The third kappa shape index (κ3) is 3.66. The lowest BCUT2D eigenvalue weighted by Gasteiger charge is -2.34. The number of piperazine rings is 1. The van der Waals surface area contributed by atoms with E-state index in [1.807, 2.05) is 0 Å². The minimum atomic E-state index is -0.121. The standard InChI is InChI=1S/C17H18Cl2N4O2/c18-12-2-1-3-13(19)15(12)17(24)23-8-6-22(7-9-23)10-14-20-16(21-25-14)11-4-5-11/h1-3,11H,4-10H2. The summed E-state index contributed by atoms with van der Waals surface area (Å²) >= 11 is 12.3. The number of carbonyl (C=O) groups is 1. The molecule has 2 aliphatic rings. The van der Waals surface area contributed by atoms with Gasteiger partial charge in [-0.25, -0.2) is 0 Å². The molecule has 0 bridgehead atoms. The molecule has 0 atom stereocenters. The Balaban J connectivity index is 1.35. The number of halogens is 2. The lowest BCUT2D eigenvalue weighted by Crippen LogP contribution is -2.48. The fourth-order valence-corrected chi connectivity index (χ4v) is 3.56. The minimum absolute atomic E-state index is 0.121. The van der Waals surface area contributed by atoms with E-state index in [0.717, 1.165) is 31.8 Å². The summed E-state index contributed by atoms with van der Waals surface area (Å²) in [5.74, 6) is 1.85. The fourth-order valence-electron chi connectivity index (χ4n) is 3.00. The smallest absolute Gasteiger partial charge is 0.256 e. The molecule has 2 heterocycles. The van der Waals surface area contributed by atoms with E-state index in [-0.39, 0.29) is 5.91 Å². The Morgan fingerprint density at radius 3 is 2.48 bits per heavy atom. The van der Waals surface area contributed by atoms with Gasteiger partial charge >= 0.3 is 0 Å². The van der Waals surface area contributed by atoms with E-state index in [0.29, 0.717) is 47.1 Å². The van der Waals surface area contributed by atoms with Crippen LogP contribution in [0.5, 0.6) is 0 Å². The van der Waals surface area contributed by atoms with Gasteiger partial charge in [0.25, 0.3) is 5.91 Å². The third-order valence-electron chi connectivity index (χ3n) is 4.62. The lowest BCUT2D eigenvalue weighted by atomic mass is 10.1. The van der Waals surface area contributed by atoms with Gasteiger partial charge in [0.05, 0.1) is 22.2 Å². The highest BCUT2D eigenvalue weighted by Gasteiger charge is 2.30. The zero-order chi connectivity index (χ0) is 17.4. The van der Waals surface area contributed by atoms with E-state index >= 15 is 0 Å². The fraction of sp³-hybridized carbons (Fsp3) is 0.471. The Kier molecular flexibility index (Phi) is 4.67. The van der Waals surface area contributed by atoms with Gasteiger partial charge in [0.1, 0.15) is 0 Å². The Hall–Kier alpha value is -1.63. The van der Waals surface area contributed by atoms with Gasteiger partial charge in [0.15, 0.2) is 5.82 Å². The number of rotatable bonds is 4. The first-order chi connectivity index (χ1) is 12.1. The predicted octanol–water partition coefficient (Wildman–Crippen LogP) is 3.21. The second-order valence-electron chi connectivity index (χ2n) is 6.49. The van der Waals surface area contributed by atoms with Crippen molar-refractivity contribution in [2.24, 2.45) is 0 Å². The van der Waals surface area contributed by atoms with Crippen molar-refractivity contribution in [2.45, 2.75) is 25.3 Å². The molecule has 6 nitrogen and oxygen atoms in total. The van der Waals surface area contributed by atoms with E-state index in [2.05, 4.69) is 15.0 Å². The van der Waals surface area contributed by atoms with Crippen LogP contribution in [-0.2, 0) is 6.54 Å². The highest BCUT2D eigenvalue weighted by atomic mass is 35.5. The van der Waals surface area contributed by atoms with Gasteiger partial charge in [0, 0.05) is 32.1 Å². The summed E-state index contributed by atoms with van der Waals surface area (Å²) in [6.45, 7) is 3.34. The second-order valence-corrected chi connectivity index (χ2v) is 7.30. The van der Waals surface area contributed by atoms with Crippen LogP contribution < -0.4 is 0 Å². The second kappa shape index (κ2) is 6.94. The summed E-state index contributed by atoms with van der Waals surface area (Å²) in [5, 5.41) is 4.81. The molecule has 132 valence electrons. The molecule has 1 aliphatic carbocycles. The Morgan fingerprint density at radius 2 is 1.84 bits per heavy atom. The summed E-state index contributed by atoms with van der Waals surface area (Å²) in [6, 6.07) is 5.10. The van der Waals surface area contributed by atoms with Crippen LogP contribution in [0.4, 0.5) is 0 Å². The highest BCUT2D eigenvalue weighted by Crippen LogP contribution is 2.38. The van der Waals surface area contributed by atoms with Crippen molar-refractivity contribution in [2.75, 3.05) is 26.2 Å². The molecule has 0 spiro atoms. The molecule has 2 aromatic rings. The van der Waals surface area contributed by atoms with Gasteiger partial charge in [-0.15, -0.1) is 0 Å². The van der Waals surface area contributed by atoms with Gasteiger partial charge in [-0.1, -0.05) is 34.4 Å². The molecule has 1 aromatic carbocycles. The van der Waals surface area contributed by atoms with Crippen LogP contribution in [0.25, 0.3) is 0 Å². The highest BCUT2D eigenvalue weighted by molar-refractivity contribution is 6.39. The van der Waals surface area contributed by atoms with E-state index < -0.39 is 0 Å². The van der Waals surface area contributed by atoms with Crippen LogP contribution >= 0.6 is 23.2 Å². The maximum Gasteiger partial charge on any atom is 0.256 e. The SMILES string of the molecule is O=C(c1c(Cl)cccc1Cl)N1CCN(Cc2nc(C3CC3)no2)CC1. The number of amides is 1. The largest absolute Gasteiger partial charge is 0.338 e. The van der Waals surface area contributed by atoms with Crippen molar-refractivity contribution >= 4 is 29.1 Å². The summed E-state index contributed by atoms with van der Waals surface area (Å²) in [4.78, 5) is 21.1. The van der Waals surface area contributed by atoms with E-state index in [1.165, 1.54) is 0 Å². The van der Waals surface area contributed by atoms with Crippen LogP contribution in [0.3, 0.4) is 0 Å². The number of carbonyl (C=O) groups excluding carboxylic acids is 1. The topological polar surface area (TPSA) is 62.5 Å². The van der Waals surface area contributed by atoms with Gasteiger partial charge in [0.2, 0.25) is 5.89 Å². The summed E-state index contributed by atoms with van der Waals surface area (Å²) in [5.41, 5.74) is 0.380. The van der Waals surface area contributed by atoms with Gasteiger partial charge in [-0.05, 0) is 25.0 Å². The molecule has 1 amide bonds. The van der Waals surface area contributed by atoms with Crippen molar-refractivity contribution in [3.05, 3.63) is 45.5 Å². The Labute approximate surface area is 155 Å². The van der Waals surface area contributed by atoms with E-state index in [4.69, 9.17) is 27.7 Å². The molecule has 1 saturated carbocycles. The molecule has 25 heavy (non-hydrogen) atoms. The monoisotopic (exact) mass is 380 g/mol. The zero-order valence-electron chi connectivity index (χ0n) is 13.6. The number of hydrogen-bond donors (Lipinski definition) is 0. The first-order valence-electron chi connectivity index (χ1n) is 8.40. The summed E-state index contributed by atoms with van der Waals surface area (Å²) in [7, 11) is 0. The van der Waals surface area contributed by atoms with E-state index in [1.54, 1.807) is 23.1 Å². The molecular formula is C17H18Cl2N4O2. The first kappa shape index (κ1) is 16.8. The normalized spacial score (nSPS) is 18.6. The molecular weight excluding hydrogens is 363 g/mol. The Morgan fingerprint density at radius 1 is 1.16 bits per heavy atom. The molecule has 1 saturated heterocycles. The number of aromatic nitrogens is 2. The van der Waals surface area contributed by atoms with Crippen molar-refractivity contribution in [3.63, 3.8) is 0 Å². The molecule has 1 aliphatic heterocycles. The van der Waals surface area contributed by atoms with Gasteiger partial charge in [-0.3, -0.25) is 9.69 Å². The first-order valence-corrected chi connectivity index (χ1v) is 9.15. The van der Waals surface area contributed by atoms with Crippen molar-refractivity contribution in [1.29, 1.82) is 0 Å². The molecule has 8 heteroatoms. The minimum Gasteiger partial charge on any atom is -0.338 e. The van der Waals surface area contributed by atoms with Crippen LogP contribution in [-0.4, -0.2) is 52.0 Å². The zero-order valence-corrected chi connectivity index (χ0v) is 15.1. The maximum absolute atomic E-state index is 12.7. The molecule has 1 aromatic heterocycles. The lowest BCUT2D eigenvalue weighted by molar-refractivity contribution is 0.0615. The molecule has 2 fully saturated rings. The predicted molar refractivity (Wildman–Crippen MR) is 93.9 cm³/mol.